The van der Waals surface area contributed by atoms with Gasteiger partial charge in [-0.05, 0) is 10.7 Å². The van der Waals surface area contributed by atoms with Crippen LogP contribution in [0.15, 0.2) is 0 Å². The second kappa shape index (κ2) is 2.05. The van der Waals surface area contributed by atoms with Crippen LogP contribution in [0, 0.1) is 0 Å². The van der Waals surface area contributed by atoms with Crippen molar-refractivity contribution in [1.29, 1.82) is 0 Å². The van der Waals surface area contributed by atoms with Crippen LogP contribution >= 0.6 is 10.7 Å². The Hall–Kier alpha value is 0.300. The minimum atomic E-state index is -3.26. The molecule has 0 aliphatic carbocycles. The van der Waals surface area contributed by atoms with Crippen molar-refractivity contribution in [2.45, 2.75) is 12.2 Å². The molecular weight excluding hydrogens is 146 g/mol. The number of alkyl halides is 2. The summed E-state index contributed by atoms with van der Waals surface area (Å²) in [6.07, 6.45) is 0. The lowest BCUT2D eigenvalue weighted by Gasteiger charge is -1.99. The van der Waals surface area contributed by atoms with Crippen LogP contribution in [0.2, 0.25) is 0 Å². The van der Waals surface area contributed by atoms with Crippen molar-refractivity contribution < 1.29 is 13.0 Å². The van der Waals surface area contributed by atoms with Crippen molar-refractivity contribution in [2.75, 3.05) is 0 Å². The lowest BCUT2D eigenvalue weighted by molar-refractivity contribution is 0.124. The molecule has 0 aliphatic rings. The molecule has 1 nitrogen and oxygen atoms in total. The fourth-order valence-corrected chi connectivity index (χ4v) is 0. The Balaban J connectivity index is 3.79. The van der Waals surface area contributed by atoms with E-state index in [0.29, 0.717) is 6.92 Å². The van der Waals surface area contributed by atoms with E-state index in [0.717, 1.165) is 0 Å². The van der Waals surface area contributed by atoms with E-state index < -0.39 is 15.3 Å². The van der Waals surface area contributed by atoms with E-state index in [1.807, 2.05) is 0 Å². The highest BCUT2D eigenvalue weighted by Crippen LogP contribution is 2.18. The van der Waals surface area contributed by atoms with Gasteiger partial charge in [0.05, 0.1) is 0 Å². The minimum Gasteiger partial charge on any atom is -0.236 e. The first-order valence-electron chi connectivity index (χ1n) is 1.40. The molecule has 1 atom stereocenters. The van der Waals surface area contributed by atoms with Crippen LogP contribution in [0.4, 0.5) is 8.78 Å². The molecule has 0 saturated heterocycles. The average molecular weight is 149 g/mol. The van der Waals surface area contributed by atoms with Crippen molar-refractivity contribution >= 4 is 20.7 Å². The van der Waals surface area contributed by atoms with Crippen molar-refractivity contribution in [2.24, 2.45) is 0 Å². The Morgan fingerprint density at radius 1 is 1.71 bits per heavy atom. The maximum atomic E-state index is 11.4. The van der Waals surface area contributed by atoms with Gasteiger partial charge in [0.15, 0.2) is 10.0 Å². The molecule has 0 amide bonds. The highest BCUT2D eigenvalue weighted by atomic mass is 35.7. The van der Waals surface area contributed by atoms with E-state index in [-0.39, 0.29) is 0 Å². The van der Waals surface area contributed by atoms with Crippen LogP contribution in [0.3, 0.4) is 0 Å². The molecule has 0 saturated carbocycles. The second-order valence-electron chi connectivity index (χ2n) is 1.03. The lowest BCUT2D eigenvalue weighted by atomic mass is 10.9. The maximum Gasteiger partial charge on any atom is 0.332 e. The van der Waals surface area contributed by atoms with E-state index in [2.05, 4.69) is 10.7 Å². The van der Waals surface area contributed by atoms with E-state index in [9.17, 15) is 13.0 Å². The van der Waals surface area contributed by atoms with E-state index in [4.69, 9.17) is 0 Å². The van der Waals surface area contributed by atoms with Gasteiger partial charge >= 0.3 is 5.25 Å². The summed E-state index contributed by atoms with van der Waals surface area (Å²) in [5.74, 6) is 0. The third-order valence-electron chi connectivity index (χ3n) is 0.282. The molecule has 0 radical (unpaired) electrons. The SMILES string of the molecule is CC(F)(F)S(=O)Cl. The molecule has 0 aromatic heterocycles. The predicted molar refractivity (Wildman–Crippen MR) is 24.6 cm³/mol. The molecule has 1 unspecified atom stereocenters. The molecule has 7 heavy (non-hydrogen) atoms. The standard InChI is InChI=1S/C2H3ClF2OS/c1-2(4,5)7(3)6/h1H3. The third kappa shape index (κ3) is 2.93. The molecule has 0 N–H and O–H groups in total. The largest absolute Gasteiger partial charge is 0.332 e. The molecular formula is C2H3ClF2OS. The summed E-state index contributed by atoms with van der Waals surface area (Å²) in [6, 6.07) is 0. The number of halogens is 3. The normalized spacial score (nSPS) is 16.6. The molecule has 0 aromatic rings. The monoisotopic (exact) mass is 148 g/mol. The summed E-state index contributed by atoms with van der Waals surface area (Å²) in [5.41, 5.74) is 0. The number of hydrogen-bond donors (Lipinski definition) is 0. The topological polar surface area (TPSA) is 17.1 Å². The van der Waals surface area contributed by atoms with E-state index >= 15 is 0 Å². The van der Waals surface area contributed by atoms with Gasteiger partial charge in [0.1, 0.15) is 0 Å². The van der Waals surface area contributed by atoms with Crippen LogP contribution in [0.5, 0.6) is 0 Å². The quantitative estimate of drug-likeness (QED) is 0.515. The lowest BCUT2D eigenvalue weighted by Crippen LogP contribution is -2.11. The Morgan fingerprint density at radius 3 is 1.86 bits per heavy atom. The zero-order chi connectivity index (χ0) is 6.08. The maximum absolute atomic E-state index is 11.4. The Bertz CT molecular complexity index is 88.2. The first kappa shape index (κ1) is 7.30. The molecule has 0 rings (SSSR count). The van der Waals surface area contributed by atoms with Gasteiger partial charge in [0.25, 0.3) is 0 Å². The van der Waals surface area contributed by atoms with Gasteiger partial charge in [-0.15, -0.1) is 0 Å². The van der Waals surface area contributed by atoms with Gasteiger partial charge in [-0.25, -0.2) is 4.21 Å². The van der Waals surface area contributed by atoms with Crippen LogP contribution in [-0.4, -0.2) is 9.46 Å². The summed E-state index contributed by atoms with van der Waals surface area (Å²) in [6.45, 7) is 0.496. The first-order chi connectivity index (χ1) is 2.94. The molecule has 0 fully saturated rings. The smallest absolute Gasteiger partial charge is 0.236 e. The highest BCUT2D eigenvalue weighted by Gasteiger charge is 2.28. The Kier molecular flexibility index (Phi) is 2.13. The summed E-state index contributed by atoms with van der Waals surface area (Å²) in [7, 11) is 1.93. The first-order valence-corrected chi connectivity index (χ1v) is 3.38. The molecule has 0 aliphatic heterocycles. The zero-order valence-electron chi connectivity index (χ0n) is 3.45. The summed E-state index contributed by atoms with van der Waals surface area (Å²) < 4.78 is 32.4. The van der Waals surface area contributed by atoms with Gasteiger partial charge in [-0.1, -0.05) is 0 Å². The van der Waals surface area contributed by atoms with Crippen molar-refractivity contribution in [3.05, 3.63) is 0 Å². The molecule has 0 heterocycles. The van der Waals surface area contributed by atoms with Gasteiger partial charge in [0, 0.05) is 6.92 Å². The van der Waals surface area contributed by atoms with Crippen molar-refractivity contribution in [1.82, 2.24) is 0 Å². The van der Waals surface area contributed by atoms with Gasteiger partial charge in [-0.3, -0.25) is 0 Å². The highest BCUT2D eigenvalue weighted by molar-refractivity contribution is 8.09. The van der Waals surface area contributed by atoms with Crippen LogP contribution in [0.1, 0.15) is 6.92 Å². The number of rotatable bonds is 1. The molecule has 44 valence electrons. The van der Waals surface area contributed by atoms with Crippen molar-refractivity contribution in [3.63, 3.8) is 0 Å². The van der Waals surface area contributed by atoms with Gasteiger partial charge in [-0.2, -0.15) is 8.78 Å². The Labute approximate surface area is 46.6 Å². The minimum absolute atomic E-state index is 0.496. The summed E-state index contributed by atoms with van der Waals surface area (Å²) in [4.78, 5) is 0. The van der Waals surface area contributed by atoms with E-state index in [1.54, 1.807) is 0 Å². The van der Waals surface area contributed by atoms with Crippen molar-refractivity contribution in [3.8, 4) is 0 Å². The van der Waals surface area contributed by atoms with Crippen LogP contribution < -0.4 is 0 Å². The number of hydrogen-bond acceptors (Lipinski definition) is 1. The molecule has 0 spiro atoms. The van der Waals surface area contributed by atoms with Gasteiger partial charge < -0.3 is 0 Å². The third-order valence-corrected chi connectivity index (χ3v) is 1.66. The fourth-order valence-electron chi connectivity index (χ4n) is 0. The summed E-state index contributed by atoms with van der Waals surface area (Å²) >= 11 is 0. The Morgan fingerprint density at radius 2 is 1.86 bits per heavy atom. The molecule has 0 bridgehead atoms. The van der Waals surface area contributed by atoms with Crippen LogP contribution in [0.25, 0.3) is 0 Å². The van der Waals surface area contributed by atoms with Gasteiger partial charge in [0.2, 0.25) is 0 Å². The molecule has 5 heteroatoms. The second-order valence-corrected chi connectivity index (χ2v) is 3.04. The predicted octanol–water partition coefficient (Wildman–Crippen LogP) is 1.50. The molecule has 0 aromatic carbocycles. The van der Waals surface area contributed by atoms with E-state index in [1.165, 1.54) is 0 Å². The summed E-state index contributed by atoms with van der Waals surface area (Å²) in [5, 5.41) is -3.26. The average Bonchev–Trinajstić information content (AvgIpc) is 1.31. The fraction of sp³-hybridized carbons (Fsp3) is 1.00. The van der Waals surface area contributed by atoms with Crippen LogP contribution in [-0.2, 0) is 10.0 Å². The zero-order valence-corrected chi connectivity index (χ0v) is 5.02.